The lowest BCUT2D eigenvalue weighted by Gasteiger charge is -2.15. The molecule has 0 radical (unpaired) electrons. The van der Waals surface area contributed by atoms with E-state index in [1.165, 1.54) is 6.07 Å². The van der Waals surface area contributed by atoms with Crippen LogP contribution in [0.2, 0.25) is 5.02 Å². The highest BCUT2D eigenvalue weighted by molar-refractivity contribution is 6.31. The first-order chi connectivity index (χ1) is 7.66. The van der Waals surface area contributed by atoms with Gasteiger partial charge in [-0.25, -0.2) is 4.39 Å². The van der Waals surface area contributed by atoms with Crippen LogP contribution in [0.25, 0.3) is 0 Å². The van der Waals surface area contributed by atoms with Crippen LogP contribution >= 0.6 is 11.6 Å². The Morgan fingerprint density at radius 1 is 1.50 bits per heavy atom. The summed E-state index contributed by atoms with van der Waals surface area (Å²) in [5.74, 6) is -0.243. The Bertz CT molecular complexity index is 352. The van der Waals surface area contributed by atoms with Gasteiger partial charge in [-0.05, 0) is 25.0 Å². The zero-order chi connectivity index (χ0) is 11.5. The summed E-state index contributed by atoms with van der Waals surface area (Å²) in [6.45, 7) is 2.32. The van der Waals surface area contributed by atoms with E-state index in [1.807, 2.05) is 0 Å². The van der Waals surface area contributed by atoms with E-state index in [4.69, 9.17) is 11.6 Å². The highest BCUT2D eigenvalue weighted by Crippen LogP contribution is 2.20. The molecule has 0 bridgehead atoms. The van der Waals surface area contributed by atoms with Gasteiger partial charge in [0.25, 0.3) is 0 Å². The number of benzene rings is 1. The van der Waals surface area contributed by atoms with Crippen molar-refractivity contribution in [3.8, 4) is 0 Å². The average molecular weight is 244 g/mol. The van der Waals surface area contributed by atoms with E-state index < -0.39 is 0 Å². The average Bonchev–Trinajstić information content (AvgIpc) is 2.63. The molecular formula is C12H15ClFNO. The highest BCUT2D eigenvalue weighted by Gasteiger charge is 2.20. The second-order valence-corrected chi connectivity index (χ2v) is 4.60. The van der Waals surface area contributed by atoms with E-state index >= 15 is 0 Å². The minimum Gasteiger partial charge on any atom is -0.392 e. The van der Waals surface area contributed by atoms with Gasteiger partial charge < -0.3 is 10.0 Å². The number of hydrogen-bond donors (Lipinski definition) is 1. The largest absolute Gasteiger partial charge is 0.392 e. The van der Waals surface area contributed by atoms with Crippen LogP contribution in [-0.4, -0.2) is 35.7 Å². The molecule has 88 valence electrons. The summed E-state index contributed by atoms with van der Waals surface area (Å²) in [7, 11) is 0. The predicted molar refractivity (Wildman–Crippen MR) is 62.2 cm³/mol. The third-order valence-electron chi connectivity index (χ3n) is 2.99. The van der Waals surface area contributed by atoms with E-state index in [9.17, 15) is 9.50 Å². The maximum absolute atomic E-state index is 13.4. The molecule has 1 atom stereocenters. The van der Waals surface area contributed by atoms with Gasteiger partial charge in [0.2, 0.25) is 0 Å². The van der Waals surface area contributed by atoms with Crippen LogP contribution < -0.4 is 0 Å². The fourth-order valence-corrected chi connectivity index (χ4v) is 2.31. The molecule has 1 aromatic carbocycles. The normalized spacial score (nSPS) is 21.6. The van der Waals surface area contributed by atoms with Crippen molar-refractivity contribution in [2.24, 2.45) is 0 Å². The van der Waals surface area contributed by atoms with Gasteiger partial charge in [-0.15, -0.1) is 0 Å². The van der Waals surface area contributed by atoms with Crippen LogP contribution in [0.4, 0.5) is 4.39 Å². The predicted octanol–water partition coefficient (Wildman–Crippen LogP) is 2.09. The Balaban J connectivity index is 1.94. The first kappa shape index (κ1) is 11.8. The third kappa shape index (κ3) is 2.73. The van der Waals surface area contributed by atoms with Gasteiger partial charge in [-0.3, -0.25) is 0 Å². The first-order valence-corrected chi connectivity index (χ1v) is 5.88. The molecule has 4 heteroatoms. The quantitative estimate of drug-likeness (QED) is 0.879. The van der Waals surface area contributed by atoms with Crippen LogP contribution in [0.5, 0.6) is 0 Å². The lowest BCUT2D eigenvalue weighted by Crippen LogP contribution is -2.24. The first-order valence-electron chi connectivity index (χ1n) is 5.50. The number of nitrogens with zero attached hydrogens (tertiary/aromatic N) is 1. The number of rotatable bonds is 3. The lowest BCUT2D eigenvalue weighted by atomic mass is 10.1. The van der Waals surface area contributed by atoms with Crippen LogP contribution in [0.15, 0.2) is 18.2 Å². The van der Waals surface area contributed by atoms with E-state index in [2.05, 4.69) is 4.90 Å². The van der Waals surface area contributed by atoms with Crippen molar-refractivity contribution in [1.82, 2.24) is 4.90 Å². The Hall–Kier alpha value is -0.640. The fraction of sp³-hybridized carbons (Fsp3) is 0.500. The number of aliphatic hydroxyl groups is 1. The number of likely N-dealkylation sites (tertiary alicyclic amines) is 1. The summed E-state index contributed by atoms with van der Waals surface area (Å²) in [4.78, 5) is 2.13. The van der Waals surface area contributed by atoms with Crippen molar-refractivity contribution in [3.05, 3.63) is 34.6 Å². The highest BCUT2D eigenvalue weighted by atomic mass is 35.5. The molecule has 1 aliphatic rings. The molecule has 1 fully saturated rings. The molecule has 0 amide bonds. The molecule has 0 aromatic heterocycles. The Morgan fingerprint density at radius 2 is 2.31 bits per heavy atom. The summed E-state index contributed by atoms with van der Waals surface area (Å²) < 4.78 is 13.4. The van der Waals surface area contributed by atoms with E-state index in [-0.39, 0.29) is 11.9 Å². The van der Waals surface area contributed by atoms with Gasteiger partial charge in [-0.1, -0.05) is 17.7 Å². The molecule has 1 aromatic rings. The van der Waals surface area contributed by atoms with E-state index in [0.717, 1.165) is 19.5 Å². The van der Waals surface area contributed by atoms with Crippen LogP contribution in [0, 0.1) is 5.82 Å². The molecule has 1 N–H and O–H groups in total. The smallest absolute Gasteiger partial charge is 0.127 e. The topological polar surface area (TPSA) is 23.5 Å². The molecule has 0 saturated carbocycles. The Labute approximate surface area is 99.6 Å². The number of hydrogen-bond acceptors (Lipinski definition) is 2. The van der Waals surface area contributed by atoms with Crippen LogP contribution in [0.3, 0.4) is 0 Å². The maximum Gasteiger partial charge on any atom is 0.127 e. The molecule has 1 saturated heterocycles. The number of halogens is 2. The standard InChI is InChI=1S/C12H15ClFNO/c13-11-2-1-3-12(14)10(11)5-7-15-6-4-9(16)8-15/h1-3,9,16H,4-8H2. The van der Waals surface area contributed by atoms with Crippen LogP contribution in [-0.2, 0) is 6.42 Å². The number of aliphatic hydroxyl groups excluding tert-OH is 1. The van der Waals surface area contributed by atoms with Gasteiger partial charge >= 0.3 is 0 Å². The molecule has 16 heavy (non-hydrogen) atoms. The minimum absolute atomic E-state index is 0.226. The SMILES string of the molecule is OC1CCN(CCc2c(F)cccc2Cl)C1. The molecule has 1 aliphatic heterocycles. The molecule has 2 nitrogen and oxygen atoms in total. The van der Waals surface area contributed by atoms with Crippen LogP contribution in [0.1, 0.15) is 12.0 Å². The Morgan fingerprint density at radius 3 is 2.94 bits per heavy atom. The van der Waals surface area contributed by atoms with E-state index in [0.29, 0.717) is 23.6 Å². The van der Waals surface area contributed by atoms with Gasteiger partial charge in [0.15, 0.2) is 0 Å². The fourth-order valence-electron chi connectivity index (χ4n) is 2.06. The van der Waals surface area contributed by atoms with Gasteiger partial charge in [0.1, 0.15) is 5.82 Å². The molecule has 0 spiro atoms. The van der Waals surface area contributed by atoms with Gasteiger partial charge in [0.05, 0.1) is 6.10 Å². The summed E-state index contributed by atoms with van der Waals surface area (Å²) in [6.07, 6.45) is 1.18. The zero-order valence-electron chi connectivity index (χ0n) is 9.00. The lowest BCUT2D eigenvalue weighted by molar-refractivity contribution is 0.176. The van der Waals surface area contributed by atoms with Crippen molar-refractivity contribution in [1.29, 1.82) is 0 Å². The van der Waals surface area contributed by atoms with Crippen molar-refractivity contribution in [2.75, 3.05) is 19.6 Å². The Kier molecular flexibility index (Phi) is 3.79. The van der Waals surface area contributed by atoms with Crippen molar-refractivity contribution < 1.29 is 9.50 Å². The minimum atomic E-state index is -0.243. The van der Waals surface area contributed by atoms with Crippen molar-refractivity contribution in [3.63, 3.8) is 0 Å². The summed E-state index contributed by atoms with van der Waals surface area (Å²) in [5.41, 5.74) is 0.575. The van der Waals surface area contributed by atoms with Gasteiger partial charge in [0, 0.05) is 30.2 Å². The summed E-state index contributed by atoms with van der Waals surface area (Å²) in [5, 5.41) is 9.85. The maximum atomic E-state index is 13.4. The second kappa shape index (κ2) is 5.13. The third-order valence-corrected chi connectivity index (χ3v) is 3.34. The zero-order valence-corrected chi connectivity index (χ0v) is 9.75. The van der Waals surface area contributed by atoms with Gasteiger partial charge in [-0.2, -0.15) is 0 Å². The van der Waals surface area contributed by atoms with E-state index in [1.54, 1.807) is 12.1 Å². The molecule has 2 rings (SSSR count). The summed E-state index contributed by atoms with van der Waals surface area (Å²) in [6, 6.07) is 4.75. The van der Waals surface area contributed by atoms with Crippen molar-refractivity contribution >= 4 is 11.6 Å². The number of β-amino-alcohol motifs (C(OH)–C–C–N with tert-alkyl or cyclic N) is 1. The monoisotopic (exact) mass is 243 g/mol. The molecular weight excluding hydrogens is 229 g/mol. The summed E-state index contributed by atoms with van der Waals surface area (Å²) >= 11 is 5.94. The molecule has 0 aliphatic carbocycles. The van der Waals surface area contributed by atoms with Crippen molar-refractivity contribution in [2.45, 2.75) is 18.9 Å². The second-order valence-electron chi connectivity index (χ2n) is 4.19. The molecule has 1 unspecified atom stereocenters. The molecule has 1 heterocycles.